The van der Waals surface area contributed by atoms with Crippen molar-refractivity contribution in [3.05, 3.63) is 78.6 Å². The van der Waals surface area contributed by atoms with E-state index < -0.39 is 0 Å². The second-order valence-electron chi connectivity index (χ2n) is 6.66. The fourth-order valence-electron chi connectivity index (χ4n) is 3.03. The van der Waals surface area contributed by atoms with Crippen LogP contribution in [0.4, 0.5) is 5.69 Å². The Labute approximate surface area is 181 Å². The van der Waals surface area contributed by atoms with Crippen molar-refractivity contribution in [2.45, 2.75) is 38.1 Å². The number of hydrogen-bond donors (Lipinski definition) is 1. The van der Waals surface area contributed by atoms with Crippen molar-refractivity contribution in [2.75, 3.05) is 11.1 Å². The molecule has 0 radical (unpaired) electrons. The van der Waals surface area contributed by atoms with E-state index in [4.69, 9.17) is 4.74 Å². The summed E-state index contributed by atoms with van der Waals surface area (Å²) in [6, 6.07) is 17.4. The lowest BCUT2D eigenvalue weighted by molar-refractivity contribution is -0.113. The Kier molecular flexibility index (Phi) is 7.68. The van der Waals surface area contributed by atoms with Crippen LogP contribution >= 0.6 is 11.8 Å². The molecule has 0 spiro atoms. The van der Waals surface area contributed by atoms with Crippen LogP contribution in [0, 0.1) is 0 Å². The summed E-state index contributed by atoms with van der Waals surface area (Å²) in [5.41, 5.74) is 1.96. The molecular weight excluding hydrogens is 396 g/mol. The third-order valence-electron chi connectivity index (χ3n) is 4.48. The van der Waals surface area contributed by atoms with Gasteiger partial charge < -0.3 is 10.1 Å². The Morgan fingerprint density at radius 1 is 1.20 bits per heavy atom. The summed E-state index contributed by atoms with van der Waals surface area (Å²) in [5, 5.41) is 12.2. The molecule has 7 heteroatoms. The summed E-state index contributed by atoms with van der Waals surface area (Å²) in [4.78, 5) is 12.5. The van der Waals surface area contributed by atoms with Gasteiger partial charge in [0.15, 0.2) is 17.1 Å². The van der Waals surface area contributed by atoms with E-state index in [0.717, 1.165) is 23.4 Å². The largest absolute Gasteiger partial charge is 0.483 e. The molecule has 0 unspecified atom stereocenters. The van der Waals surface area contributed by atoms with E-state index in [1.165, 1.54) is 11.8 Å². The summed E-state index contributed by atoms with van der Waals surface area (Å²) in [5.74, 6) is 1.62. The van der Waals surface area contributed by atoms with Crippen LogP contribution in [-0.2, 0) is 17.8 Å². The van der Waals surface area contributed by atoms with E-state index in [2.05, 4.69) is 29.0 Å². The molecule has 3 aromatic rings. The third kappa shape index (κ3) is 5.51. The van der Waals surface area contributed by atoms with Crippen LogP contribution < -0.4 is 10.1 Å². The van der Waals surface area contributed by atoms with Crippen molar-refractivity contribution in [3.63, 3.8) is 0 Å². The first-order valence-electron chi connectivity index (χ1n) is 9.88. The minimum atomic E-state index is -0.292. The molecule has 0 fully saturated rings. The van der Waals surface area contributed by atoms with Crippen molar-refractivity contribution in [1.82, 2.24) is 14.8 Å². The van der Waals surface area contributed by atoms with Gasteiger partial charge in [0.05, 0.1) is 5.75 Å². The average Bonchev–Trinajstić information content (AvgIpc) is 3.16. The van der Waals surface area contributed by atoms with Gasteiger partial charge in [-0.05, 0) is 37.1 Å². The summed E-state index contributed by atoms with van der Waals surface area (Å²) >= 11 is 1.35. The first kappa shape index (κ1) is 21.6. The fraction of sp³-hybridized carbons (Fsp3) is 0.261. The molecule has 1 amide bonds. The molecule has 1 N–H and O–H groups in total. The highest BCUT2D eigenvalue weighted by Gasteiger charge is 2.20. The zero-order valence-electron chi connectivity index (χ0n) is 17.2. The van der Waals surface area contributed by atoms with E-state index in [0.29, 0.717) is 17.5 Å². The minimum absolute atomic E-state index is 0.0795. The molecule has 0 aliphatic carbocycles. The van der Waals surface area contributed by atoms with Gasteiger partial charge in [0.1, 0.15) is 5.75 Å². The predicted octanol–water partition coefficient (Wildman–Crippen LogP) is 4.90. The van der Waals surface area contributed by atoms with Crippen molar-refractivity contribution < 1.29 is 9.53 Å². The molecule has 0 saturated heterocycles. The number of carbonyl (C=O) groups excluding carboxylic acids is 1. The lowest BCUT2D eigenvalue weighted by Crippen LogP contribution is -2.16. The molecule has 1 heterocycles. The maximum Gasteiger partial charge on any atom is 0.234 e. The number of anilines is 1. The predicted molar refractivity (Wildman–Crippen MR) is 121 cm³/mol. The number of aryl methyl sites for hydroxylation is 1. The monoisotopic (exact) mass is 422 g/mol. The van der Waals surface area contributed by atoms with Crippen LogP contribution in [0.25, 0.3) is 0 Å². The van der Waals surface area contributed by atoms with Crippen molar-refractivity contribution in [2.24, 2.45) is 0 Å². The number of para-hydroxylation sites is 2. The summed E-state index contributed by atoms with van der Waals surface area (Å²) in [6.45, 7) is 8.36. The van der Waals surface area contributed by atoms with Crippen LogP contribution in [0.5, 0.6) is 5.75 Å². The first-order valence-corrected chi connectivity index (χ1v) is 10.9. The Bertz CT molecular complexity index is 988. The maximum atomic E-state index is 12.5. The lowest BCUT2D eigenvalue weighted by Gasteiger charge is -2.15. The Balaban J connectivity index is 1.67. The summed E-state index contributed by atoms with van der Waals surface area (Å²) in [6.07, 6.45) is 2.35. The van der Waals surface area contributed by atoms with Gasteiger partial charge in [-0.2, -0.15) is 0 Å². The van der Waals surface area contributed by atoms with Crippen LogP contribution in [0.1, 0.15) is 31.3 Å². The summed E-state index contributed by atoms with van der Waals surface area (Å²) in [7, 11) is 0. The van der Waals surface area contributed by atoms with E-state index in [9.17, 15) is 4.79 Å². The molecule has 0 bridgehead atoms. The van der Waals surface area contributed by atoms with E-state index >= 15 is 0 Å². The second-order valence-corrected chi connectivity index (χ2v) is 7.60. The number of nitrogens with zero attached hydrogens (tertiary/aromatic N) is 3. The number of carbonyl (C=O) groups is 1. The van der Waals surface area contributed by atoms with Crippen molar-refractivity contribution in [3.8, 4) is 5.75 Å². The number of nitrogens with one attached hydrogen (secondary N) is 1. The number of aromatic nitrogens is 3. The first-order chi connectivity index (χ1) is 14.6. The second kappa shape index (κ2) is 10.6. The van der Waals surface area contributed by atoms with Crippen LogP contribution in [0.3, 0.4) is 0 Å². The molecule has 2 aromatic carbocycles. The normalized spacial score (nSPS) is 11.7. The van der Waals surface area contributed by atoms with Gasteiger partial charge in [-0.3, -0.25) is 9.36 Å². The Hall–Kier alpha value is -3.06. The van der Waals surface area contributed by atoms with Gasteiger partial charge in [0.25, 0.3) is 0 Å². The van der Waals surface area contributed by atoms with Gasteiger partial charge >= 0.3 is 0 Å². The standard InChI is InChI=1S/C23H26N4O2S/c1-4-15-27-22(17(3)29-19-12-7-6-8-13-19)25-26-23(27)30-16-21(28)24-20-14-10-9-11-18(20)5-2/h4,6-14,17H,1,5,15-16H2,2-3H3,(H,24,28)/t17-/m0/s1. The quantitative estimate of drug-likeness (QED) is 0.372. The zero-order valence-corrected chi connectivity index (χ0v) is 18.1. The Morgan fingerprint density at radius 3 is 2.67 bits per heavy atom. The third-order valence-corrected chi connectivity index (χ3v) is 5.45. The number of amides is 1. The van der Waals surface area contributed by atoms with Gasteiger partial charge in [-0.25, -0.2) is 0 Å². The highest BCUT2D eigenvalue weighted by atomic mass is 32.2. The van der Waals surface area contributed by atoms with Crippen LogP contribution in [-0.4, -0.2) is 26.4 Å². The highest BCUT2D eigenvalue weighted by molar-refractivity contribution is 7.99. The molecule has 6 nitrogen and oxygen atoms in total. The lowest BCUT2D eigenvalue weighted by atomic mass is 10.1. The SMILES string of the molecule is C=CCn1c(SCC(=O)Nc2ccccc2CC)nnc1[C@H](C)Oc1ccccc1. The number of rotatable bonds is 10. The number of allylic oxidation sites excluding steroid dienone is 1. The van der Waals surface area contributed by atoms with E-state index in [-0.39, 0.29) is 17.8 Å². The van der Waals surface area contributed by atoms with E-state index in [1.807, 2.05) is 66.1 Å². The fourth-order valence-corrected chi connectivity index (χ4v) is 3.79. The topological polar surface area (TPSA) is 69.0 Å². The molecular formula is C23H26N4O2S. The highest BCUT2D eigenvalue weighted by Crippen LogP contribution is 2.25. The molecule has 3 rings (SSSR count). The summed E-state index contributed by atoms with van der Waals surface area (Å²) < 4.78 is 7.91. The average molecular weight is 423 g/mol. The molecule has 156 valence electrons. The minimum Gasteiger partial charge on any atom is -0.483 e. The number of hydrogen-bond acceptors (Lipinski definition) is 5. The van der Waals surface area contributed by atoms with Gasteiger partial charge in [-0.15, -0.1) is 16.8 Å². The van der Waals surface area contributed by atoms with Crippen LogP contribution in [0.15, 0.2) is 72.4 Å². The molecule has 0 saturated carbocycles. The zero-order chi connectivity index (χ0) is 21.3. The van der Waals surface area contributed by atoms with E-state index in [1.54, 1.807) is 6.08 Å². The molecule has 1 atom stereocenters. The smallest absolute Gasteiger partial charge is 0.234 e. The maximum absolute atomic E-state index is 12.5. The molecule has 0 aliphatic heterocycles. The van der Waals surface area contributed by atoms with Crippen LogP contribution in [0.2, 0.25) is 0 Å². The number of thioether (sulfide) groups is 1. The number of ether oxygens (including phenoxy) is 1. The van der Waals surface area contributed by atoms with Gasteiger partial charge in [0.2, 0.25) is 5.91 Å². The number of benzene rings is 2. The van der Waals surface area contributed by atoms with Gasteiger partial charge in [0, 0.05) is 12.2 Å². The molecule has 0 aliphatic rings. The molecule has 30 heavy (non-hydrogen) atoms. The molecule has 1 aromatic heterocycles. The Morgan fingerprint density at radius 2 is 1.93 bits per heavy atom. The van der Waals surface area contributed by atoms with Gasteiger partial charge in [-0.1, -0.05) is 61.2 Å². The van der Waals surface area contributed by atoms with Crippen molar-refractivity contribution >= 4 is 23.4 Å². The van der Waals surface area contributed by atoms with Crippen molar-refractivity contribution in [1.29, 1.82) is 0 Å².